The molecule has 1 heterocycles. The van der Waals surface area contributed by atoms with Gasteiger partial charge in [0.05, 0.1) is 36.0 Å². The molecule has 0 bridgehead atoms. The molecule has 0 aliphatic heterocycles. The second kappa shape index (κ2) is 7.82. The Morgan fingerprint density at radius 1 is 1.11 bits per heavy atom. The summed E-state index contributed by atoms with van der Waals surface area (Å²) >= 11 is 6.22. The lowest BCUT2D eigenvalue weighted by Crippen LogP contribution is -2.14. The zero-order valence-electron chi connectivity index (χ0n) is 15.3. The van der Waals surface area contributed by atoms with Crippen LogP contribution >= 0.6 is 11.6 Å². The number of carbonyl (C=O) groups is 2. The summed E-state index contributed by atoms with van der Waals surface area (Å²) in [6.07, 6.45) is 0. The Hall–Kier alpha value is -3.19. The van der Waals surface area contributed by atoms with Gasteiger partial charge in [0.2, 0.25) is 0 Å². The molecule has 3 aromatic rings. The highest BCUT2D eigenvalue weighted by molar-refractivity contribution is 6.34. The first kappa shape index (κ1) is 19.6. The van der Waals surface area contributed by atoms with E-state index in [-0.39, 0.29) is 22.0 Å². The van der Waals surface area contributed by atoms with Gasteiger partial charge in [0, 0.05) is 23.2 Å². The minimum atomic E-state index is -0.616. The van der Waals surface area contributed by atoms with E-state index in [9.17, 15) is 14.0 Å². The number of esters is 1. The first-order valence-electron chi connectivity index (χ1n) is 8.18. The van der Waals surface area contributed by atoms with E-state index < -0.39 is 17.7 Å². The van der Waals surface area contributed by atoms with Gasteiger partial charge in [0.25, 0.3) is 5.91 Å². The lowest BCUT2D eigenvalue weighted by atomic mass is 10.1. The predicted octanol–water partition coefficient (Wildman–Crippen LogP) is 4.38. The molecule has 144 valence electrons. The standard InChI is InChI=1S/C20H16ClFN2O4/c1-10-6-13(12-5-4-11(22)7-16(12)23-10)19(25)24-17-9-18(27-2)14(8-15(17)21)20(26)28-3/h4-9H,1-3H3,(H,24,25). The smallest absolute Gasteiger partial charge is 0.341 e. The van der Waals surface area contributed by atoms with E-state index in [4.69, 9.17) is 21.1 Å². The van der Waals surface area contributed by atoms with E-state index in [1.807, 2.05) is 0 Å². The minimum absolute atomic E-state index is 0.133. The van der Waals surface area contributed by atoms with Crippen molar-refractivity contribution in [3.05, 3.63) is 64.1 Å². The quantitative estimate of drug-likeness (QED) is 0.655. The van der Waals surface area contributed by atoms with Crippen molar-refractivity contribution in [2.24, 2.45) is 0 Å². The molecule has 3 rings (SSSR count). The van der Waals surface area contributed by atoms with Crippen LogP contribution in [0.25, 0.3) is 10.9 Å². The molecule has 0 radical (unpaired) electrons. The highest BCUT2D eigenvalue weighted by Gasteiger charge is 2.19. The first-order valence-corrected chi connectivity index (χ1v) is 8.56. The molecule has 1 aromatic heterocycles. The van der Waals surface area contributed by atoms with Gasteiger partial charge in [-0.1, -0.05) is 11.6 Å². The van der Waals surface area contributed by atoms with Gasteiger partial charge in [-0.3, -0.25) is 9.78 Å². The average Bonchev–Trinajstić information content (AvgIpc) is 2.67. The molecule has 1 amide bonds. The van der Waals surface area contributed by atoms with E-state index in [1.165, 1.54) is 44.6 Å². The molecule has 2 aromatic carbocycles. The number of amides is 1. The molecule has 0 atom stereocenters. The Morgan fingerprint density at radius 3 is 2.54 bits per heavy atom. The number of aromatic nitrogens is 1. The fourth-order valence-corrected chi connectivity index (χ4v) is 3.01. The van der Waals surface area contributed by atoms with Gasteiger partial charge in [-0.15, -0.1) is 0 Å². The highest BCUT2D eigenvalue weighted by Crippen LogP contribution is 2.32. The molecule has 0 unspecified atom stereocenters. The van der Waals surface area contributed by atoms with Gasteiger partial charge in [-0.2, -0.15) is 0 Å². The number of hydrogen-bond donors (Lipinski definition) is 1. The summed E-state index contributed by atoms with van der Waals surface area (Å²) in [5, 5.41) is 3.33. The Bertz CT molecular complexity index is 1100. The van der Waals surface area contributed by atoms with E-state index in [0.717, 1.165) is 0 Å². The summed E-state index contributed by atoms with van der Waals surface area (Å²) in [4.78, 5) is 28.9. The Morgan fingerprint density at radius 2 is 1.86 bits per heavy atom. The second-order valence-electron chi connectivity index (χ2n) is 5.95. The second-order valence-corrected chi connectivity index (χ2v) is 6.36. The Labute approximate surface area is 165 Å². The van der Waals surface area contributed by atoms with Crippen LogP contribution in [0, 0.1) is 12.7 Å². The third-order valence-corrected chi connectivity index (χ3v) is 4.40. The largest absolute Gasteiger partial charge is 0.496 e. The van der Waals surface area contributed by atoms with Crippen LogP contribution in [0.3, 0.4) is 0 Å². The van der Waals surface area contributed by atoms with Crippen LogP contribution in [0.2, 0.25) is 5.02 Å². The van der Waals surface area contributed by atoms with Crippen molar-refractivity contribution in [3.8, 4) is 5.75 Å². The maximum absolute atomic E-state index is 13.5. The maximum Gasteiger partial charge on any atom is 0.341 e. The number of rotatable bonds is 4. The Balaban J connectivity index is 2.02. The highest BCUT2D eigenvalue weighted by atomic mass is 35.5. The number of fused-ring (bicyclic) bond motifs is 1. The number of benzene rings is 2. The number of halogens is 2. The summed E-state index contributed by atoms with van der Waals surface area (Å²) in [6.45, 7) is 1.71. The molecular formula is C20H16ClFN2O4. The van der Waals surface area contributed by atoms with Crippen molar-refractivity contribution in [3.63, 3.8) is 0 Å². The van der Waals surface area contributed by atoms with Crippen LogP contribution in [-0.4, -0.2) is 31.1 Å². The van der Waals surface area contributed by atoms with E-state index in [2.05, 4.69) is 10.3 Å². The summed E-state index contributed by atoms with van der Waals surface area (Å²) in [5.41, 5.74) is 1.63. The van der Waals surface area contributed by atoms with E-state index in [0.29, 0.717) is 22.2 Å². The van der Waals surface area contributed by atoms with Crippen LogP contribution in [0.15, 0.2) is 36.4 Å². The zero-order valence-corrected chi connectivity index (χ0v) is 16.1. The molecule has 0 fully saturated rings. The number of methoxy groups -OCH3 is 2. The molecule has 1 N–H and O–H groups in total. The van der Waals surface area contributed by atoms with Crippen LogP contribution in [0.5, 0.6) is 5.75 Å². The molecule has 0 aliphatic carbocycles. The van der Waals surface area contributed by atoms with Gasteiger partial charge in [-0.05, 0) is 31.2 Å². The number of anilines is 1. The summed E-state index contributed by atoms with van der Waals surface area (Å²) in [5.74, 6) is -1.32. The lowest BCUT2D eigenvalue weighted by molar-refractivity contribution is 0.0597. The summed E-state index contributed by atoms with van der Waals surface area (Å²) < 4.78 is 23.4. The van der Waals surface area contributed by atoms with Gasteiger partial charge in [0.1, 0.15) is 17.1 Å². The number of ether oxygens (including phenoxy) is 2. The van der Waals surface area contributed by atoms with Gasteiger partial charge >= 0.3 is 5.97 Å². The van der Waals surface area contributed by atoms with Gasteiger partial charge in [-0.25, -0.2) is 9.18 Å². The van der Waals surface area contributed by atoms with Crippen molar-refractivity contribution in [1.82, 2.24) is 4.98 Å². The maximum atomic E-state index is 13.5. The molecule has 8 heteroatoms. The van der Waals surface area contributed by atoms with Crippen LogP contribution in [0.4, 0.5) is 10.1 Å². The first-order chi connectivity index (χ1) is 13.3. The minimum Gasteiger partial charge on any atom is -0.496 e. The van der Waals surface area contributed by atoms with Crippen LogP contribution < -0.4 is 10.1 Å². The van der Waals surface area contributed by atoms with Crippen molar-refractivity contribution >= 4 is 40.1 Å². The fourth-order valence-electron chi connectivity index (χ4n) is 2.80. The SMILES string of the molecule is COC(=O)c1cc(Cl)c(NC(=O)c2cc(C)nc3cc(F)ccc23)cc1OC. The third kappa shape index (κ3) is 3.75. The third-order valence-electron chi connectivity index (χ3n) is 4.09. The van der Waals surface area contributed by atoms with Crippen LogP contribution in [0.1, 0.15) is 26.4 Å². The molecule has 0 saturated carbocycles. The van der Waals surface area contributed by atoms with Crippen molar-refractivity contribution in [1.29, 1.82) is 0 Å². The summed E-state index contributed by atoms with van der Waals surface area (Å²) in [7, 11) is 2.63. The number of nitrogens with zero attached hydrogens (tertiary/aromatic N) is 1. The molecule has 28 heavy (non-hydrogen) atoms. The topological polar surface area (TPSA) is 77.5 Å². The molecule has 6 nitrogen and oxygen atoms in total. The van der Waals surface area contributed by atoms with Gasteiger partial charge in [0.15, 0.2) is 0 Å². The average molecular weight is 403 g/mol. The van der Waals surface area contributed by atoms with E-state index in [1.54, 1.807) is 13.0 Å². The molecule has 0 aliphatic rings. The number of nitrogens with one attached hydrogen (secondary N) is 1. The number of pyridine rings is 1. The number of hydrogen-bond acceptors (Lipinski definition) is 5. The van der Waals surface area contributed by atoms with Crippen molar-refractivity contribution in [2.75, 3.05) is 19.5 Å². The van der Waals surface area contributed by atoms with Crippen molar-refractivity contribution < 1.29 is 23.5 Å². The molecular weight excluding hydrogens is 387 g/mol. The zero-order chi connectivity index (χ0) is 20.4. The number of carbonyl (C=O) groups excluding carboxylic acids is 2. The van der Waals surface area contributed by atoms with Gasteiger partial charge < -0.3 is 14.8 Å². The molecule has 0 spiro atoms. The lowest BCUT2D eigenvalue weighted by Gasteiger charge is -2.13. The van der Waals surface area contributed by atoms with Crippen LogP contribution in [-0.2, 0) is 4.74 Å². The predicted molar refractivity (Wildman–Crippen MR) is 104 cm³/mol. The fraction of sp³-hybridized carbons (Fsp3) is 0.150. The van der Waals surface area contributed by atoms with E-state index >= 15 is 0 Å². The monoisotopic (exact) mass is 402 g/mol. The summed E-state index contributed by atoms with van der Waals surface area (Å²) in [6, 6.07) is 8.41. The molecule has 0 saturated heterocycles. The normalized spacial score (nSPS) is 10.6. The van der Waals surface area contributed by atoms with Crippen molar-refractivity contribution in [2.45, 2.75) is 6.92 Å². The Kier molecular flexibility index (Phi) is 5.46. The number of aryl methyl sites for hydroxylation is 1.